The largest absolute Gasteiger partial charge is 0.245 e. The Kier molecular flexibility index (Phi) is 6.92. The third-order valence-corrected chi connectivity index (χ3v) is 18.2. The van der Waals surface area contributed by atoms with Crippen LogP contribution in [0.15, 0.2) is 54.6 Å². The molecule has 4 aromatic rings. The summed E-state index contributed by atoms with van der Waals surface area (Å²) < 4.78 is 1.69. The van der Waals surface area contributed by atoms with E-state index in [9.17, 15) is 0 Å². The molecule has 5 rings (SSSR count). The predicted octanol–water partition coefficient (Wildman–Crippen LogP) is 7.71. The van der Waals surface area contributed by atoms with Crippen LogP contribution in [-0.4, -0.2) is 14.8 Å². The average molecular weight is 521 g/mol. The second-order valence-electron chi connectivity index (χ2n) is 12.2. The van der Waals surface area contributed by atoms with Crippen LogP contribution in [0.2, 0.25) is 16.6 Å². The summed E-state index contributed by atoms with van der Waals surface area (Å²) in [5, 5.41) is 2.71. The van der Waals surface area contributed by atoms with Crippen molar-refractivity contribution >= 4 is 69.9 Å². The number of hydrogen-bond acceptors (Lipinski definition) is 1. The molecule has 1 aliphatic rings. The molecule has 0 aliphatic carbocycles. The normalized spacial score (nSPS) is 13.6. The third kappa shape index (κ3) is 4.10. The van der Waals surface area contributed by atoms with E-state index in [1.807, 2.05) is 0 Å². The summed E-state index contributed by atoms with van der Waals surface area (Å²) >= 11 is 2.10. The highest BCUT2D eigenvalue weighted by atomic mass is 32.1. The molecule has 0 bridgehead atoms. The Morgan fingerprint density at radius 3 is 1.95 bits per heavy atom. The van der Waals surface area contributed by atoms with Gasteiger partial charge in [-0.1, -0.05) is 135 Å². The molecule has 3 aromatic carbocycles. The van der Waals surface area contributed by atoms with Crippen LogP contribution in [-0.2, 0) is 0 Å². The Labute approximate surface area is 229 Å². The molecule has 37 heavy (non-hydrogen) atoms. The van der Waals surface area contributed by atoms with Crippen LogP contribution in [0.25, 0.3) is 22.9 Å². The summed E-state index contributed by atoms with van der Waals surface area (Å²) in [7, 11) is -1.76. The highest BCUT2D eigenvalue weighted by Crippen LogP contribution is 2.42. The van der Waals surface area contributed by atoms with Gasteiger partial charge >= 0.3 is 0 Å². The van der Waals surface area contributed by atoms with Gasteiger partial charge in [-0.3, -0.25) is 0 Å². The zero-order chi connectivity index (χ0) is 26.6. The highest BCUT2D eigenvalue weighted by molar-refractivity contribution is 7.30. The van der Waals surface area contributed by atoms with Gasteiger partial charge in [0.25, 0.3) is 0 Å². The highest BCUT2D eigenvalue weighted by Gasteiger charge is 2.46. The molecule has 1 aliphatic heterocycles. The van der Waals surface area contributed by atoms with Crippen molar-refractivity contribution in [1.82, 2.24) is 0 Å². The fraction of sp³-hybridized carbons (Fsp3) is 0.353. The summed E-state index contributed by atoms with van der Waals surface area (Å²) in [6.07, 6.45) is 4.82. The SMILES string of the molecule is Cc1cc(C)c(B2c3cc([Si](C(C)C)(C(C)C)C(C)C)sc3C=Cc3ccc4ccccc4c32)c(C)c1. The lowest BCUT2D eigenvalue weighted by Gasteiger charge is -2.42. The van der Waals surface area contributed by atoms with E-state index < -0.39 is 8.07 Å². The first-order valence-corrected chi connectivity index (χ1v) is 17.0. The second kappa shape index (κ2) is 9.75. The zero-order valence-electron chi connectivity index (χ0n) is 24.1. The molecule has 0 nitrogen and oxygen atoms in total. The van der Waals surface area contributed by atoms with Gasteiger partial charge in [0, 0.05) is 4.88 Å². The predicted molar refractivity (Wildman–Crippen MR) is 173 cm³/mol. The maximum absolute atomic E-state index is 2.68. The topological polar surface area (TPSA) is 0 Å². The van der Waals surface area contributed by atoms with Crippen molar-refractivity contribution < 1.29 is 0 Å². The van der Waals surface area contributed by atoms with E-state index in [0.29, 0.717) is 16.6 Å². The molecule has 190 valence electrons. The lowest BCUT2D eigenvalue weighted by Crippen LogP contribution is -2.57. The smallest absolute Gasteiger partial charge is 0.146 e. The van der Waals surface area contributed by atoms with Crippen LogP contribution >= 0.6 is 11.3 Å². The first-order valence-electron chi connectivity index (χ1n) is 14.0. The quantitative estimate of drug-likeness (QED) is 0.208. The monoisotopic (exact) mass is 520 g/mol. The maximum Gasteiger partial charge on any atom is 0.245 e. The van der Waals surface area contributed by atoms with E-state index in [1.165, 1.54) is 54.3 Å². The van der Waals surface area contributed by atoms with Crippen LogP contribution in [0.3, 0.4) is 0 Å². The van der Waals surface area contributed by atoms with Gasteiger partial charge in [-0.15, -0.1) is 11.3 Å². The van der Waals surface area contributed by atoms with Gasteiger partial charge in [0.05, 0.1) is 0 Å². The van der Waals surface area contributed by atoms with E-state index >= 15 is 0 Å². The lowest BCUT2D eigenvalue weighted by molar-refractivity contribution is 0.837. The van der Waals surface area contributed by atoms with Crippen molar-refractivity contribution in [2.75, 3.05) is 0 Å². The molecule has 0 saturated heterocycles. The summed E-state index contributed by atoms with van der Waals surface area (Å²) in [5.74, 6) is 0. The Morgan fingerprint density at radius 1 is 0.703 bits per heavy atom. The van der Waals surface area contributed by atoms with E-state index in [0.717, 1.165) is 0 Å². The Bertz CT molecular complexity index is 1460. The molecule has 0 N–H and O–H groups in total. The molecule has 0 unspecified atom stereocenters. The van der Waals surface area contributed by atoms with E-state index in [-0.39, 0.29) is 6.71 Å². The minimum Gasteiger partial charge on any atom is -0.146 e. The molecule has 0 radical (unpaired) electrons. The molecular formula is C34H41BSSi. The number of rotatable bonds is 5. The second-order valence-corrected chi connectivity index (χ2v) is 19.5. The van der Waals surface area contributed by atoms with Gasteiger partial charge in [-0.2, -0.15) is 0 Å². The minimum atomic E-state index is -1.76. The van der Waals surface area contributed by atoms with Gasteiger partial charge in [0.1, 0.15) is 8.07 Å². The molecule has 0 saturated carbocycles. The van der Waals surface area contributed by atoms with Crippen LogP contribution in [0.4, 0.5) is 0 Å². The summed E-state index contributed by atoms with van der Waals surface area (Å²) in [4.78, 5) is 1.46. The summed E-state index contributed by atoms with van der Waals surface area (Å²) in [5.41, 5.74) is 12.1. The van der Waals surface area contributed by atoms with E-state index in [4.69, 9.17) is 0 Å². The molecular weight excluding hydrogens is 479 g/mol. The van der Waals surface area contributed by atoms with Crippen LogP contribution in [0.1, 0.15) is 68.7 Å². The van der Waals surface area contributed by atoms with Crippen molar-refractivity contribution in [1.29, 1.82) is 0 Å². The number of fused-ring (bicyclic) bond motifs is 4. The fourth-order valence-electron chi connectivity index (χ4n) is 7.89. The van der Waals surface area contributed by atoms with Crippen LogP contribution in [0, 0.1) is 20.8 Å². The number of hydrogen-bond donors (Lipinski definition) is 0. The van der Waals surface area contributed by atoms with Crippen molar-refractivity contribution in [2.45, 2.75) is 78.9 Å². The maximum atomic E-state index is 2.68. The lowest BCUT2D eigenvalue weighted by atomic mass is 9.34. The minimum absolute atomic E-state index is 0.231. The van der Waals surface area contributed by atoms with E-state index in [1.54, 1.807) is 4.50 Å². The van der Waals surface area contributed by atoms with Gasteiger partial charge in [0.15, 0.2) is 0 Å². The fourth-order valence-corrected chi connectivity index (χ4v) is 18.0. The third-order valence-electron chi connectivity index (χ3n) is 9.13. The van der Waals surface area contributed by atoms with Gasteiger partial charge in [-0.05, 0) is 64.3 Å². The molecule has 0 atom stereocenters. The first kappa shape index (κ1) is 26.3. The van der Waals surface area contributed by atoms with Crippen molar-refractivity contribution in [3.63, 3.8) is 0 Å². The molecule has 0 fully saturated rings. The molecule has 0 spiro atoms. The van der Waals surface area contributed by atoms with Gasteiger partial charge in [0.2, 0.25) is 6.71 Å². The van der Waals surface area contributed by atoms with Crippen LogP contribution in [0.5, 0.6) is 0 Å². The Morgan fingerprint density at radius 2 is 1.32 bits per heavy atom. The molecule has 3 heteroatoms. The zero-order valence-corrected chi connectivity index (χ0v) is 25.9. The van der Waals surface area contributed by atoms with E-state index in [2.05, 4.69) is 140 Å². The summed E-state index contributed by atoms with van der Waals surface area (Å²) in [6.45, 7) is 22.0. The number of thiophene rings is 1. The summed E-state index contributed by atoms with van der Waals surface area (Å²) in [6, 6.07) is 21.1. The molecule has 0 amide bonds. The van der Waals surface area contributed by atoms with Crippen LogP contribution < -0.4 is 20.9 Å². The first-order chi connectivity index (χ1) is 17.6. The van der Waals surface area contributed by atoms with Crippen molar-refractivity contribution in [3.05, 3.63) is 81.7 Å². The Balaban J connectivity index is 1.88. The van der Waals surface area contributed by atoms with Gasteiger partial charge in [-0.25, -0.2) is 0 Å². The number of benzene rings is 3. The molecule has 2 heterocycles. The van der Waals surface area contributed by atoms with Crippen molar-refractivity contribution in [2.24, 2.45) is 0 Å². The van der Waals surface area contributed by atoms with Crippen molar-refractivity contribution in [3.8, 4) is 0 Å². The standard InChI is InChI=1S/C34H41BSSi/c1-21(2)37(22(3)4,23(5)6)32-20-30-31(36-32)17-16-28-15-14-27-12-10-11-13-29(27)34(28)35(30)33-25(8)18-24(7)19-26(33)9/h10-23H,1-9H3. The Hall–Kier alpha value is -2.36. The number of aryl methyl sites for hydroxylation is 3. The average Bonchev–Trinajstić information content (AvgIpc) is 3.16. The molecule has 1 aromatic heterocycles. The van der Waals surface area contributed by atoms with Gasteiger partial charge < -0.3 is 0 Å².